The lowest BCUT2D eigenvalue weighted by Crippen LogP contribution is -2.09. The highest BCUT2D eigenvalue weighted by atomic mass is 19.1. The quantitative estimate of drug-likeness (QED) is 0.693. The number of nitrogens with zero attached hydrogens (tertiary/aromatic N) is 2. The fourth-order valence-corrected chi connectivity index (χ4v) is 3.93. The molecular weight excluding hydrogens is 331 g/mol. The molecule has 1 aromatic heterocycles. The van der Waals surface area contributed by atoms with Crippen LogP contribution < -0.4 is 0 Å². The Kier molecular flexibility index (Phi) is 3.64. The van der Waals surface area contributed by atoms with Gasteiger partial charge in [0.25, 0.3) is 0 Å². The summed E-state index contributed by atoms with van der Waals surface area (Å²) >= 11 is 0. The van der Waals surface area contributed by atoms with Crippen LogP contribution in [-0.2, 0) is 10.2 Å². The fraction of sp³-hybridized carbons (Fsp3) is 0.333. The number of ether oxygens (including phenoxy) is 1. The summed E-state index contributed by atoms with van der Waals surface area (Å²) in [5.41, 5.74) is 1.71. The molecular formula is C21H19FN2O2. The first-order chi connectivity index (χ1) is 12.8. The number of benzene rings is 2. The monoisotopic (exact) mass is 350 g/mol. The Balaban J connectivity index is 1.45. The van der Waals surface area contributed by atoms with Crippen molar-refractivity contribution in [1.82, 2.24) is 10.2 Å². The molecule has 4 nitrogen and oxygen atoms in total. The van der Waals surface area contributed by atoms with Crippen LogP contribution in [0.2, 0.25) is 0 Å². The Labute approximate surface area is 151 Å². The average molecular weight is 350 g/mol. The molecule has 3 aromatic rings. The van der Waals surface area contributed by atoms with Crippen molar-refractivity contribution in [2.24, 2.45) is 0 Å². The zero-order chi connectivity index (χ0) is 17.6. The molecule has 2 aliphatic rings. The number of rotatable bonds is 4. The lowest BCUT2D eigenvalue weighted by molar-refractivity contribution is 0.0996. The third-order valence-corrected chi connectivity index (χ3v) is 5.51. The van der Waals surface area contributed by atoms with Crippen molar-refractivity contribution in [1.29, 1.82) is 0 Å². The fourth-order valence-electron chi connectivity index (χ4n) is 3.93. The van der Waals surface area contributed by atoms with E-state index in [0.717, 1.165) is 30.4 Å². The molecule has 5 heteroatoms. The van der Waals surface area contributed by atoms with E-state index in [1.54, 1.807) is 12.1 Å². The lowest BCUT2D eigenvalue weighted by Gasteiger charge is -2.16. The first-order valence-electron chi connectivity index (χ1n) is 9.03. The van der Waals surface area contributed by atoms with Crippen molar-refractivity contribution >= 4 is 0 Å². The third kappa shape index (κ3) is 2.54. The van der Waals surface area contributed by atoms with Crippen LogP contribution >= 0.6 is 0 Å². The molecule has 0 amide bonds. The molecule has 1 aliphatic heterocycles. The highest BCUT2D eigenvalue weighted by molar-refractivity contribution is 5.38. The van der Waals surface area contributed by atoms with Crippen molar-refractivity contribution in [2.75, 3.05) is 6.61 Å². The molecule has 5 rings (SSSR count). The predicted octanol–water partition coefficient (Wildman–Crippen LogP) is 4.53. The zero-order valence-corrected chi connectivity index (χ0v) is 14.3. The molecule has 0 bridgehead atoms. The minimum Gasteiger partial charge on any atom is -0.424 e. The maximum absolute atomic E-state index is 13.6. The van der Waals surface area contributed by atoms with Gasteiger partial charge in [-0.3, -0.25) is 0 Å². The van der Waals surface area contributed by atoms with Gasteiger partial charge in [0.2, 0.25) is 11.8 Å². The number of aromatic nitrogens is 2. The van der Waals surface area contributed by atoms with Crippen LogP contribution in [0.5, 0.6) is 0 Å². The van der Waals surface area contributed by atoms with Crippen LogP contribution in [0.1, 0.15) is 54.2 Å². The minimum atomic E-state index is -0.324. The summed E-state index contributed by atoms with van der Waals surface area (Å²) in [4.78, 5) is 0. The summed E-state index contributed by atoms with van der Waals surface area (Å²) in [6, 6.07) is 16.8. The maximum Gasteiger partial charge on any atom is 0.227 e. The first kappa shape index (κ1) is 15.7. The summed E-state index contributed by atoms with van der Waals surface area (Å²) in [6.07, 6.45) is 2.60. The van der Waals surface area contributed by atoms with Crippen molar-refractivity contribution < 1.29 is 13.5 Å². The molecule has 0 unspecified atom stereocenters. The highest BCUT2D eigenvalue weighted by Gasteiger charge is 2.51. The Morgan fingerprint density at radius 3 is 2.62 bits per heavy atom. The minimum absolute atomic E-state index is 0.0574. The van der Waals surface area contributed by atoms with Crippen LogP contribution in [-0.4, -0.2) is 16.8 Å². The summed E-state index contributed by atoms with van der Waals surface area (Å²) < 4.78 is 25.7. The molecule has 1 saturated carbocycles. The molecule has 1 aliphatic carbocycles. The van der Waals surface area contributed by atoms with E-state index in [0.29, 0.717) is 18.4 Å². The largest absolute Gasteiger partial charge is 0.424 e. The molecule has 26 heavy (non-hydrogen) atoms. The molecule has 2 heterocycles. The van der Waals surface area contributed by atoms with Gasteiger partial charge in [0, 0.05) is 6.61 Å². The van der Waals surface area contributed by atoms with Gasteiger partial charge in [-0.1, -0.05) is 42.5 Å². The maximum atomic E-state index is 13.6. The van der Waals surface area contributed by atoms with E-state index in [9.17, 15) is 4.39 Å². The Bertz CT molecular complexity index is 921. The Morgan fingerprint density at radius 2 is 1.85 bits per heavy atom. The van der Waals surface area contributed by atoms with Gasteiger partial charge in [-0.15, -0.1) is 10.2 Å². The molecule has 132 valence electrons. The molecule has 0 N–H and O–H groups in total. The molecule has 1 saturated heterocycles. The van der Waals surface area contributed by atoms with Gasteiger partial charge in [0.1, 0.15) is 5.82 Å². The number of hydrogen-bond acceptors (Lipinski definition) is 4. The van der Waals surface area contributed by atoms with Crippen LogP contribution in [0.25, 0.3) is 0 Å². The number of halogens is 1. The molecule has 0 radical (unpaired) electrons. The summed E-state index contributed by atoms with van der Waals surface area (Å²) in [7, 11) is 0. The van der Waals surface area contributed by atoms with Crippen LogP contribution in [0.3, 0.4) is 0 Å². The van der Waals surface area contributed by atoms with Gasteiger partial charge in [-0.2, -0.15) is 0 Å². The molecule has 2 aromatic carbocycles. The van der Waals surface area contributed by atoms with E-state index in [2.05, 4.69) is 22.3 Å². The van der Waals surface area contributed by atoms with E-state index in [-0.39, 0.29) is 23.3 Å². The van der Waals surface area contributed by atoms with Gasteiger partial charge >= 0.3 is 0 Å². The van der Waals surface area contributed by atoms with E-state index < -0.39 is 0 Å². The summed E-state index contributed by atoms with van der Waals surface area (Å²) in [6.45, 7) is 0.678. The summed E-state index contributed by atoms with van der Waals surface area (Å²) in [5, 5.41) is 8.67. The zero-order valence-electron chi connectivity index (χ0n) is 14.3. The summed E-state index contributed by atoms with van der Waals surface area (Å²) in [5.74, 6) is 1.04. The van der Waals surface area contributed by atoms with Gasteiger partial charge in [-0.25, -0.2) is 4.39 Å². The van der Waals surface area contributed by atoms with Gasteiger partial charge in [-0.05, 0) is 42.5 Å². The van der Waals surface area contributed by atoms with E-state index in [1.807, 2.05) is 24.3 Å². The second-order valence-electron chi connectivity index (χ2n) is 7.14. The van der Waals surface area contributed by atoms with Crippen molar-refractivity contribution in [3.63, 3.8) is 0 Å². The second-order valence-corrected chi connectivity index (χ2v) is 7.14. The molecule has 2 fully saturated rings. The second kappa shape index (κ2) is 6.02. The smallest absolute Gasteiger partial charge is 0.227 e. The predicted molar refractivity (Wildman–Crippen MR) is 93.2 cm³/mol. The highest BCUT2D eigenvalue weighted by Crippen LogP contribution is 2.53. The van der Waals surface area contributed by atoms with Crippen LogP contribution in [0, 0.1) is 5.82 Å². The SMILES string of the molecule is Fc1cccc(C2(c3nnc([C@H]4CCO[C@@H]4c4ccccc4)o3)CC2)c1. The van der Waals surface area contributed by atoms with Gasteiger partial charge < -0.3 is 9.15 Å². The average Bonchev–Trinajstić information content (AvgIpc) is 3.10. The normalized spacial score (nSPS) is 23.9. The number of hydrogen-bond donors (Lipinski definition) is 0. The van der Waals surface area contributed by atoms with E-state index in [1.165, 1.54) is 6.07 Å². The topological polar surface area (TPSA) is 48.2 Å². The third-order valence-electron chi connectivity index (χ3n) is 5.51. The van der Waals surface area contributed by atoms with Crippen molar-refractivity contribution in [3.8, 4) is 0 Å². The molecule has 2 atom stereocenters. The van der Waals surface area contributed by atoms with E-state index in [4.69, 9.17) is 9.15 Å². The lowest BCUT2D eigenvalue weighted by atomic mass is 9.95. The molecule has 0 spiro atoms. The van der Waals surface area contributed by atoms with Gasteiger partial charge in [0.05, 0.1) is 17.4 Å². The first-order valence-corrected chi connectivity index (χ1v) is 9.03. The van der Waals surface area contributed by atoms with Crippen molar-refractivity contribution in [2.45, 2.75) is 36.7 Å². The van der Waals surface area contributed by atoms with Crippen LogP contribution in [0.4, 0.5) is 4.39 Å². The Morgan fingerprint density at radius 1 is 1.00 bits per heavy atom. The van der Waals surface area contributed by atoms with E-state index >= 15 is 0 Å². The van der Waals surface area contributed by atoms with Crippen LogP contribution in [0.15, 0.2) is 59.0 Å². The Hall–Kier alpha value is -2.53. The van der Waals surface area contributed by atoms with Gasteiger partial charge in [0.15, 0.2) is 0 Å². The standard InChI is InChI=1S/C21H19FN2O2/c22-16-8-4-7-15(13-16)21(10-11-21)20-24-23-19(26-20)17-9-12-25-18(17)14-5-2-1-3-6-14/h1-8,13,17-18H,9-12H2/t17-,18+/m0/s1. The van der Waals surface area contributed by atoms with Crippen molar-refractivity contribution in [3.05, 3.63) is 83.3 Å².